The van der Waals surface area contributed by atoms with Gasteiger partial charge in [-0.25, -0.2) is 4.39 Å². The van der Waals surface area contributed by atoms with Crippen LogP contribution in [0.15, 0.2) is 12.1 Å². The summed E-state index contributed by atoms with van der Waals surface area (Å²) < 4.78 is 14.2. The molecule has 0 saturated carbocycles. The third kappa shape index (κ3) is 3.51. The van der Waals surface area contributed by atoms with Gasteiger partial charge in [0.2, 0.25) is 5.91 Å². The van der Waals surface area contributed by atoms with E-state index >= 15 is 0 Å². The molecule has 22 heavy (non-hydrogen) atoms. The maximum Gasteiger partial charge on any atom is 0.295 e. The van der Waals surface area contributed by atoms with Gasteiger partial charge in [-0.1, -0.05) is 0 Å². The van der Waals surface area contributed by atoms with E-state index in [0.717, 1.165) is 18.9 Å². The van der Waals surface area contributed by atoms with Gasteiger partial charge < -0.3 is 15.3 Å². The van der Waals surface area contributed by atoms with E-state index in [9.17, 15) is 24.4 Å². The predicted octanol–water partition coefficient (Wildman–Crippen LogP) is 1.90. The van der Waals surface area contributed by atoms with Gasteiger partial charge in [-0.15, -0.1) is 0 Å². The zero-order chi connectivity index (χ0) is 16.3. The fourth-order valence-electron chi connectivity index (χ4n) is 2.67. The molecule has 0 aromatic heterocycles. The summed E-state index contributed by atoms with van der Waals surface area (Å²) in [5.41, 5.74) is -0.306. The highest BCUT2D eigenvalue weighted by Gasteiger charge is 2.25. The van der Waals surface area contributed by atoms with Gasteiger partial charge in [-0.05, 0) is 24.8 Å². The number of aliphatic hydroxyl groups excluding tert-OH is 1. The van der Waals surface area contributed by atoms with Crippen LogP contribution in [0.25, 0.3) is 0 Å². The average molecular weight is 311 g/mol. The molecule has 2 N–H and O–H groups in total. The normalized spacial score (nSPS) is 18.1. The molecule has 1 aromatic rings. The number of amides is 1. The van der Waals surface area contributed by atoms with Gasteiger partial charge in [0.1, 0.15) is 5.69 Å². The second kappa shape index (κ2) is 6.69. The minimum absolute atomic E-state index is 0.0175. The number of benzene rings is 1. The van der Waals surface area contributed by atoms with Gasteiger partial charge in [0, 0.05) is 26.6 Å². The maximum absolute atomic E-state index is 14.2. The van der Waals surface area contributed by atoms with E-state index in [-0.39, 0.29) is 23.9 Å². The van der Waals surface area contributed by atoms with Crippen LogP contribution in [0.1, 0.15) is 19.8 Å². The lowest BCUT2D eigenvalue weighted by Gasteiger charge is -2.34. The SMILES string of the molecule is CC(=O)Nc1cc(N2CCCC(CO)C2)c(F)cc1[N+](=O)[O-]. The van der Waals surface area contributed by atoms with E-state index in [1.165, 1.54) is 13.0 Å². The third-order valence-electron chi connectivity index (χ3n) is 3.69. The Morgan fingerprint density at radius 2 is 2.32 bits per heavy atom. The number of carbonyl (C=O) groups excluding carboxylic acids is 1. The van der Waals surface area contributed by atoms with Crippen LogP contribution in [0, 0.1) is 21.8 Å². The largest absolute Gasteiger partial charge is 0.396 e. The lowest BCUT2D eigenvalue weighted by Crippen LogP contribution is -2.37. The summed E-state index contributed by atoms with van der Waals surface area (Å²) in [5.74, 6) is -1.13. The Hall–Kier alpha value is -2.22. The number of piperidine rings is 1. The Morgan fingerprint density at radius 1 is 1.59 bits per heavy atom. The fourth-order valence-corrected chi connectivity index (χ4v) is 2.67. The first-order chi connectivity index (χ1) is 10.4. The smallest absolute Gasteiger partial charge is 0.295 e. The van der Waals surface area contributed by atoms with Crippen LogP contribution in [-0.4, -0.2) is 35.6 Å². The van der Waals surface area contributed by atoms with E-state index in [2.05, 4.69) is 5.32 Å². The van der Waals surface area contributed by atoms with Crippen LogP contribution in [0.3, 0.4) is 0 Å². The summed E-state index contributed by atoms with van der Waals surface area (Å²) in [4.78, 5) is 23.2. The number of anilines is 2. The van der Waals surface area contributed by atoms with Crippen molar-refractivity contribution in [1.29, 1.82) is 0 Å². The van der Waals surface area contributed by atoms with Crippen molar-refractivity contribution in [2.24, 2.45) is 5.92 Å². The average Bonchev–Trinajstić information content (AvgIpc) is 2.48. The molecule has 1 atom stereocenters. The Balaban J connectivity index is 2.38. The van der Waals surface area contributed by atoms with Gasteiger partial charge in [0.25, 0.3) is 5.69 Å². The molecule has 0 aliphatic carbocycles. The molecular weight excluding hydrogens is 293 g/mol. The van der Waals surface area contributed by atoms with Crippen LogP contribution >= 0.6 is 0 Å². The zero-order valence-electron chi connectivity index (χ0n) is 12.2. The molecule has 8 heteroatoms. The molecule has 1 amide bonds. The number of carbonyl (C=O) groups is 1. The van der Waals surface area contributed by atoms with E-state index < -0.39 is 22.3 Å². The lowest BCUT2D eigenvalue weighted by atomic mass is 9.98. The van der Waals surface area contributed by atoms with Crippen molar-refractivity contribution in [3.8, 4) is 0 Å². The van der Waals surface area contributed by atoms with E-state index in [4.69, 9.17) is 0 Å². The number of nitro benzene ring substituents is 1. The van der Waals surface area contributed by atoms with Gasteiger partial charge in [-0.3, -0.25) is 14.9 Å². The first kappa shape index (κ1) is 16.2. The molecule has 1 saturated heterocycles. The molecule has 1 unspecified atom stereocenters. The number of aliphatic hydroxyl groups is 1. The van der Waals surface area contributed by atoms with Gasteiger partial charge in [-0.2, -0.15) is 0 Å². The minimum atomic E-state index is -0.731. The predicted molar refractivity (Wildman–Crippen MR) is 79.4 cm³/mol. The van der Waals surface area contributed by atoms with Crippen molar-refractivity contribution in [2.45, 2.75) is 19.8 Å². The van der Waals surface area contributed by atoms with Gasteiger partial charge >= 0.3 is 0 Å². The Morgan fingerprint density at radius 3 is 2.91 bits per heavy atom. The summed E-state index contributed by atoms with van der Waals surface area (Å²) in [6.45, 7) is 2.33. The van der Waals surface area contributed by atoms with Crippen molar-refractivity contribution in [3.05, 3.63) is 28.1 Å². The molecule has 1 aliphatic heterocycles. The quantitative estimate of drug-likeness (QED) is 0.654. The van der Waals surface area contributed by atoms with Crippen LogP contribution in [0.2, 0.25) is 0 Å². The monoisotopic (exact) mass is 311 g/mol. The molecule has 1 fully saturated rings. The van der Waals surface area contributed by atoms with E-state index in [1.807, 2.05) is 0 Å². The van der Waals surface area contributed by atoms with Gasteiger partial charge in [0.15, 0.2) is 5.82 Å². The number of hydrogen-bond acceptors (Lipinski definition) is 5. The standard InChI is InChI=1S/C14H18FN3O4/c1-9(20)16-12-6-13(11(15)5-14(12)18(21)22)17-4-2-3-10(7-17)8-19/h5-6,10,19H,2-4,7-8H2,1H3,(H,16,20). The van der Waals surface area contributed by atoms with Crippen molar-refractivity contribution in [1.82, 2.24) is 0 Å². The second-order valence-corrected chi connectivity index (χ2v) is 5.40. The Labute approximate surface area is 126 Å². The molecule has 1 aromatic carbocycles. The summed E-state index contributed by atoms with van der Waals surface area (Å²) in [6.07, 6.45) is 1.66. The Bertz CT molecular complexity index is 594. The topological polar surface area (TPSA) is 95.7 Å². The number of nitrogens with zero attached hydrogens (tertiary/aromatic N) is 2. The van der Waals surface area contributed by atoms with E-state index in [1.54, 1.807) is 4.90 Å². The van der Waals surface area contributed by atoms with Crippen LogP contribution < -0.4 is 10.2 Å². The molecule has 0 radical (unpaired) electrons. The summed E-state index contributed by atoms with van der Waals surface area (Å²) in [7, 11) is 0. The number of rotatable bonds is 4. The van der Waals surface area contributed by atoms with Crippen molar-refractivity contribution < 1.29 is 19.2 Å². The molecule has 2 rings (SSSR count). The second-order valence-electron chi connectivity index (χ2n) is 5.40. The van der Waals surface area contributed by atoms with Crippen LogP contribution in [0.5, 0.6) is 0 Å². The first-order valence-electron chi connectivity index (χ1n) is 7.03. The lowest BCUT2D eigenvalue weighted by molar-refractivity contribution is -0.384. The van der Waals surface area contributed by atoms with Crippen molar-refractivity contribution in [3.63, 3.8) is 0 Å². The number of nitro groups is 1. The summed E-state index contributed by atoms with van der Waals surface area (Å²) >= 11 is 0. The molecule has 1 aliphatic rings. The molecular formula is C14H18FN3O4. The highest BCUT2D eigenvalue weighted by Crippen LogP contribution is 2.34. The molecule has 7 nitrogen and oxygen atoms in total. The first-order valence-corrected chi connectivity index (χ1v) is 7.03. The zero-order valence-corrected chi connectivity index (χ0v) is 12.2. The number of nitrogens with one attached hydrogen (secondary N) is 1. The highest BCUT2D eigenvalue weighted by molar-refractivity contribution is 5.92. The molecule has 0 spiro atoms. The number of halogens is 1. The van der Waals surface area contributed by atoms with Crippen molar-refractivity contribution in [2.75, 3.05) is 29.9 Å². The maximum atomic E-state index is 14.2. The van der Waals surface area contributed by atoms with Crippen LogP contribution in [-0.2, 0) is 4.79 Å². The number of hydrogen-bond donors (Lipinski definition) is 2. The molecule has 120 valence electrons. The molecule has 1 heterocycles. The van der Waals surface area contributed by atoms with Gasteiger partial charge in [0.05, 0.1) is 16.7 Å². The fraction of sp³-hybridized carbons (Fsp3) is 0.500. The highest BCUT2D eigenvalue weighted by atomic mass is 19.1. The summed E-state index contributed by atoms with van der Waals surface area (Å²) in [5, 5.41) is 22.6. The summed E-state index contributed by atoms with van der Waals surface area (Å²) in [6, 6.07) is 2.11. The van der Waals surface area contributed by atoms with Crippen molar-refractivity contribution >= 4 is 23.0 Å². The third-order valence-corrected chi connectivity index (χ3v) is 3.69. The minimum Gasteiger partial charge on any atom is -0.396 e. The molecule has 0 bridgehead atoms. The Kier molecular flexibility index (Phi) is 4.92. The van der Waals surface area contributed by atoms with E-state index in [0.29, 0.717) is 13.1 Å². The van der Waals surface area contributed by atoms with Crippen LogP contribution in [0.4, 0.5) is 21.5 Å².